The maximum absolute atomic E-state index is 14.1. The summed E-state index contributed by atoms with van der Waals surface area (Å²) in [5, 5.41) is 0. The number of rotatable bonds is 6. The molecule has 3 rings (SSSR count). The Balaban J connectivity index is 1.77. The standard InChI is InChI=1S/C20H23FN4O3/c1-14-4-5-17(10-23-14)25(20(22)27)11-15-7-16(21)9-19(8-15)28-18-3-2-6-24(12-18)13-26/h4-5,7-10,13,18H,2-3,6,11-12H2,1H3,(H2,22,27)/t18-/m1/s1. The fourth-order valence-electron chi connectivity index (χ4n) is 3.23. The van der Waals surface area contributed by atoms with Gasteiger partial charge in [0.2, 0.25) is 6.41 Å². The molecule has 1 aromatic heterocycles. The van der Waals surface area contributed by atoms with Crippen LogP contribution in [0.5, 0.6) is 5.75 Å². The van der Waals surface area contributed by atoms with Crippen LogP contribution in [0.1, 0.15) is 24.1 Å². The lowest BCUT2D eigenvalue weighted by molar-refractivity contribution is -0.120. The molecule has 0 spiro atoms. The molecule has 1 atom stereocenters. The SMILES string of the molecule is Cc1ccc(N(Cc2cc(F)cc(O[C@@H]3CCCN(C=O)C3)c2)C(N)=O)cn1. The molecule has 0 unspecified atom stereocenters. The number of urea groups is 1. The van der Waals surface area contributed by atoms with Crippen LogP contribution >= 0.6 is 0 Å². The first kappa shape index (κ1) is 19.6. The molecule has 2 heterocycles. The number of pyridine rings is 1. The Hall–Kier alpha value is -3.16. The van der Waals surface area contributed by atoms with E-state index in [0.29, 0.717) is 30.1 Å². The molecule has 1 aliphatic heterocycles. The first-order valence-electron chi connectivity index (χ1n) is 9.09. The summed E-state index contributed by atoms with van der Waals surface area (Å²) in [5.41, 5.74) is 7.38. The second-order valence-corrected chi connectivity index (χ2v) is 6.86. The van der Waals surface area contributed by atoms with Crippen molar-refractivity contribution in [2.75, 3.05) is 18.0 Å². The molecule has 1 saturated heterocycles. The highest BCUT2D eigenvalue weighted by Crippen LogP contribution is 2.23. The van der Waals surface area contributed by atoms with Crippen molar-refractivity contribution >= 4 is 18.1 Å². The molecule has 8 heteroatoms. The van der Waals surface area contributed by atoms with Crippen LogP contribution in [0.15, 0.2) is 36.5 Å². The number of carbonyl (C=O) groups excluding carboxylic acids is 2. The number of amides is 3. The molecule has 1 aliphatic rings. The summed E-state index contributed by atoms with van der Waals surface area (Å²) in [6.45, 7) is 3.10. The van der Waals surface area contributed by atoms with Gasteiger partial charge in [0.15, 0.2) is 0 Å². The van der Waals surface area contributed by atoms with Crippen molar-refractivity contribution in [1.29, 1.82) is 0 Å². The molecule has 1 aromatic carbocycles. The van der Waals surface area contributed by atoms with Gasteiger partial charge in [0.05, 0.1) is 25.0 Å². The monoisotopic (exact) mass is 386 g/mol. The van der Waals surface area contributed by atoms with Crippen molar-refractivity contribution in [3.05, 3.63) is 53.6 Å². The van der Waals surface area contributed by atoms with Crippen LogP contribution in [-0.2, 0) is 11.3 Å². The molecule has 2 N–H and O–H groups in total. The van der Waals surface area contributed by atoms with Crippen LogP contribution in [0.2, 0.25) is 0 Å². The van der Waals surface area contributed by atoms with Crippen LogP contribution in [0.25, 0.3) is 0 Å². The predicted molar refractivity (Wildman–Crippen MR) is 102 cm³/mol. The smallest absolute Gasteiger partial charge is 0.319 e. The van der Waals surface area contributed by atoms with Crippen molar-refractivity contribution in [1.82, 2.24) is 9.88 Å². The minimum atomic E-state index is -0.661. The minimum Gasteiger partial charge on any atom is -0.488 e. The Morgan fingerprint density at radius 1 is 1.43 bits per heavy atom. The molecule has 1 fully saturated rings. The highest BCUT2D eigenvalue weighted by Gasteiger charge is 2.21. The summed E-state index contributed by atoms with van der Waals surface area (Å²) in [7, 11) is 0. The number of aromatic nitrogens is 1. The summed E-state index contributed by atoms with van der Waals surface area (Å²) in [6, 6.07) is 7.16. The van der Waals surface area contributed by atoms with E-state index in [2.05, 4.69) is 4.98 Å². The molecule has 2 aromatic rings. The van der Waals surface area contributed by atoms with E-state index in [1.165, 1.54) is 17.0 Å². The fourth-order valence-corrected chi connectivity index (χ4v) is 3.23. The van der Waals surface area contributed by atoms with Gasteiger partial charge in [-0.25, -0.2) is 9.18 Å². The summed E-state index contributed by atoms with van der Waals surface area (Å²) in [6.07, 6.45) is 3.78. The van der Waals surface area contributed by atoms with E-state index in [4.69, 9.17) is 10.5 Å². The van der Waals surface area contributed by atoms with Gasteiger partial charge < -0.3 is 15.4 Å². The number of hydrogen-bond acceptors (Lipinski definition) is 4. The van der Waals surface area contributed by atoms with Gasteiger partial charge in [-0.3, -0.25) is 14.7 Å². The number of aryl methyl sites for hydroxylation is 1. The zero-order valence-electron chi connectivity index (χ0n) is 15.7. The molecule has 148 valence electrons. The summed E-state index contributed by atoms with van der Waals surface area (Å²) in [5.74, 6) is -0.110. The molecule has 0 radical (unpaired) electrons. The van der Waals surface area contributed by atoms with Gasteiger partial charge in [0.25, 0.3) is 0 Å². The Morgan fingerprint density at radius 3 is 2.93 bits per heavy atom. The van der Waals surface area contributed by atoms with E-state index < -0.39 is 11.8 Å². The number of anilines is 1. The lowest BCUT2D eigenvalue weighted by Crippen LogP contribution is -2.40. The average Bonchev–Trinajstić information content (AvgIpc) is 2.66. The number of likely N-dealkylation sites (tertiary alicyclic amines) is 1. The number of nitrogens with two attached hydrogens (primary N) is 1. The lowest BCUT2D eigenvalue weighted by atomic mass is 10.1. The van der Waals surface area contributed by atoms with Crippen LogP contribution < -0.4 is 15.4 Å². The van der Waals surface area contributed by atoms with Crippen LogP contribution in [-0.4, -0.2) is 41.5 Å². The number of ether oxygens (including phenoxy) is 1. The van der Waals surface area contributed by atoms with Crippen molar-refractivity contribution in [3.63, 3.8) is 0 Å². The highest BCUT2D eigenvalue weighted by atomic mass is 19.1. The molecule has 3 amide bonds. The number of hydrogen-bond donors (Lipinski definition) is 1. The quantitative estimate of drug-likeness (QED) is 0.773. The van der Waals surface area contributed by atoms with Gasteiger partial charge in [-0.15, -0.1) is 0 Å². The van der Waals surface area contributed by atoms with E-state index >= 15 is 0 Å². The van der Waals surface area contributed by atoms with Gasteiger partial charge in [-0.05, 0) is 49.6 Å². The Kier molecular flexibility index (Phi) is 6.08. The Morgan fingerprint density at radius 2 is 2.25 bits per heavy atom. The number of carbonyl (C=O) groups is 2. The first-order valence-corrected chi connectivity index (χ1v) is 9.09. The molecule has 0 aliphatic carbocycles. The number of nitrogens with zero attached hydrogens (tertiary/aromatic N) is 3. The average molecular weight is 386 g/mol. The zero-order chi connectivity index (χ0) is 20.1. The number of halogens is 1. The van der Waals surface area contributed by atoms with Gasteiger partial charge in [0.1, 0.15) is 17.7 Å². The maximum atomic E-state index is 14.1. The van der Waals surface area contributed by atoms with Crippen molar-refractivity contribution in [3.8, 4) is 5.75 Å². The molecular formula is C20H23FN4O3. The molecule has 0 saturated carbocycles. The number of primary amides is 1. The number of piperidine rings is 1. The summed E-state index contributed by atoms with van der Waals surface area (Å²) in [4.78, 5) is 30.0. The predicted octanol–water partition coefficient (Wildman–Crippen LogP) is 2.61. The summed E-state index contributed by atoms with van der Waals surface area (Å²) >= 11 is 0. The first-order chi connectivity index (χ1) is 13.4. The van der Waals surface area contributed by atoms with Gasteiger partial charge in [-0.1, -0.05) is 0 Å². The van der Waals surface area contributed by atoms with Crippen LogP contribution in [0.3, 0.4) is 0 Å². The topological polar surface area (TPSA) is 88.8 Å². The van der Waals surface area contributed by atoms with E-state index in [1.807, 2.05) is 6.92 Å². The normalized spacial score (nSPS) is 16.5. The third-order valence-corrected chi connectivity index (χ3v) is 4.61. The fraction of sp³-hybridized carbons (Fsp3) is 0.350. The molecule has 28 heavy (non-hydrogen) atoms. The molecule has 0 bridgehead atoms. The van der Waals surface area contributed by atoms with E-state index in [9.17, 15) is 14.0 Å². The summed E-state index contributed by atoms with van der Waals surface area (Å²) < 4.78 is 20.0. The third-order valence-electron chi connectivity index (χ3n) is 4.61. The van der Waals surface area contributed by atoms with Crippen molar-refractivity contribution in [2.45, 2.75) is 32.4 Å². The van der Waals surface area contributed by atoms with Gasteiger partial charge in [-0.2, -0.15) is 0 Å². The minimum absolute atomic E-state index is 0.0827. The largest absolute Gasteiger partial charge is 0.488 e. The van der Waals surface area contributed by atoms with Crippen LogP contribution in [0, 0.1) is 12.7 Å². The van der Waals surface area contributed by atoms with Crippen molar-refractivity contribution in [2.24, 2.45) is 5.73 Å². The van der Waals surface area contributed by atoms with Gasteiger partial charge >= 0.3 is 6.03 Å². The Bertz CT molecular complexity index is 844. The molecular weight excluding hydrogens is 363 g/mol. The van der Waals surface area contributed by atoms with Crippen molar-refractivity contribution < 1.29 is 18.7 Å². The highest BCUT2D eigenvalue weighted by molar-refractivity contribution is 5.90. The van der Waals surface area contributed by atoms with E-state index in [0.717, 1.165) is 24.9 Å². The second kappa shape index (κ2) is 8.69. The Labute approximate surface area is 162 Å². The lowest BCUT2D eigenvalue weighted by Gasteiger charge is -2.30. The zero-order valence-corrected chi connectivity index (χ0v) is 15.7. The van der Waals surface area contributed by atoms with E-state index in [-0.39, 0.29) is 12.6 Å². The maximum Gasteiger partial charge on any atom is 0.319 e. The van der Waals surface area contributed by atoms with E-state index in [1.54, 1.807) is 29.3 Å². The van der Waals surface area contributed by atoms with Crippen LogP contribution in [0.4, 0.5) is 14.9 Å². The number of benzene rings is 1. The third kappa shape index (κ3) is 4.97. The van der Waals surface area contributed by atoms with Gasteiger partial charge in [0, 0.05) is 18.3 Å². The molecule has 7 nitrogen and oxygen atoms in total. The second-order valence-electron chi connectivity index (χ2n) is 6.86.